The lowest BCUT2D eigenvalue weighted by Gasteiger charge is -1.95. The zero-order valence-electron chi connectivity index (χ0n) is 6.15. The van der Waals surface area contributed by atoms with E-state index in [1.807, 2.05) is 13.8 Å². The number of halogens is 1. The second-order valence-corrected chi connectivity index (χ2v) is 1.84. The minimum absolute atomic E-state index is 0.330. The maximum Gasteiger partial charge on any atom is 0.109 e. The predicted molar refractivity (Wildman–Crippen MR) is 38.9 cm³/mol. The zero-order chi connectivity index (χ0) is 7.11. The summed E-state index contributed by atoms with van der Waals surface area (Å²) in [6.07, 6.45) is 1.91. The molecule has 0 aromatic rings. The second-order valence-electron chi connectivity index (χ2n) is 1.84. The summed E-state index contributed by atoms with van der Waals surface area (Å²) < 4.78 is 11.5. The molecule has 0 aromatic heterocycles. The summed E-state index contributed by atoms with van der Waals surface area (Å²) in [5.74, 6) is 0. The van der Waals surface area contributed by atoms with Crippen molar-refractivity contribution in [3.63, 3.8) is 0 Å². The molecule has 2 heteroatoms. The largest absolute Gasteiger partial charge is 0.291 e. The lowest BCUT2D eigenvalue weighted by molar-refractivity contribution is 0.504. The van der Waals surface area contributed by atoms with Gasteiger partial charge in [0.25, 0.3) is 0 Å². The van der Waals surface area contributed by atoms with E-state index in [0.29, 0.717) is 6.54 Å². The minimum Gasteiger partial charge on any atom is -0.291 e. The van der Waals surface area contributed by atoms with Crippen LogP contribution in [0.15, 0.2) is 4.99 Å². The SMILES string of the molecule is CCC(CC)=NCCF. The van der Waals surface area contributed by atoms with E-state index < -0.39 is 0 Å². The highest BCUT2D eigenvalue weighted by molar-refractivity contribution is 5.83. The highest BCUT2D eigenvalue weighted by Crippen LogP contribution is 1.91. The molecule has 0 aromatic carbocycles. The molecule has 0 N–H and O–H groups in total. The van der Waals surface area contributed by atoms with Crippen molar-refractivity contribution in [2.24, 2.45) is 4.99 Å². The van der Waals surface area contributed by atoms with Gasteiger partial charge in [0.15, 0.2) is 0 Å². The average molecular weight is 131 g/mol. The number of rotatable bonds is 4. The fourth-order valence-electron chi connectivity index (χ4n) is 0.674. The molecule has 54 valence electrons. The molecule has 0 spiro atoms. The molecule has 0 atom stereocenters. The van der Waals surface area contributed by atoms with E-state index in [1.165, 1.54) is 0 Å². The molecule has 0 aliphatic heterocycles. The molecule has 0 amide bonds. The molecule has 0 rings (SSSR count). The van der Waals surface area contributed by atoms with Gasteiger partial charge in [0.05, 0.1) is 6.54 Å². The lowest BCUT2D eigenvalue weighted by atomic mass is 10.2. The van der Waals surface area contributed by atoms with E-state index in [1.54, 1.807) is 0 Å². The summed E-state index contributed by atoms with van der Waals surface area (Å²) in [5.41, 5.74) is 1.12. The first-order chi connectivity index (χ1) is 4.35. The molecule has 0 radical (unpaired) electrons. The van der Waals surface area contributed by atoms with Gasteiger partial charge in [0.2, 0.25) is 0 Å². The Kier molecular flexibility index (Phi) is 5.48. The average Bonchev–Trinajstić information content (AvgIpc) is 1.91. The Balaban J connectivity index is 3.48. The molecule has 9 heavy (non-hydrogen) atoms. The van der Waals surface area contributed by atoms with Gasteiger partial charge < -0.3 is 0 Å². The van der Waals surface area contributed by atoms with Crippen LogP contribution in [0.3, 0.4) is 0 Å². The number of alkyl halides is 1. The van der Waals surface area contributed by atoms with Crippen LogP contribution in [0.1, 0.15) is 26.7 Å². The Morgan fingerprint density at radius 1 is 1.33 bits per heavy atom. The Hall–Kier alpha value is -0.400. The first kappa shape index (κ1) is 8.60. The van der Waals surface area contributed by atoms with Crippen molar-refractivity contribution in [1.29, 1.82) is 0 Å². The van der Waals surface area contributed by atoms with Crippen molar-refractivity contribution in [1.82, 2.24) is 0 Å². The van der Waals surface area contributed by atoms with Gasteiger partial charge in [-0.25, -0.2) is 4.39 Å². The van der Waals surface area contributed by atoms with Crippen molar-refractivity contribution in [3.8, 4) is 0 Å². The van der Waals surface area contributed by atoms with E-state index in [4.69, 9.17) is 0 Å². The molecule has 0 saturated heterocycles. The summed E-state index contributed by atoms with van der Waals surface area (Å²) in [5, 5.41) is 0. The number of hydrogen-bond donors (Lipinski definition) is 0. The highest BCUT2D eigenvalue weighted by Gasteiger charge is 1.88. The maximum absolute atomic E-state index is 11.5. The van der Waals surface area contributed by atoms with Gasteiger partial charge in [0, 0.05) is 5.71 Å². The number of hydrogen-bond acceptors (Lipinski definition) is 1. The van der Waals surface area contributed by atoms with Crippen molar-refractivity contribution in [2.45, 2.75) is 26.7 Å². The van der Waals surface area contributed by atoms with Gasteiger partial charge in [-0.3, -0.25) is 4.99 Å². The second kappa shape index (κ2) is 5.73. The molecule has 0 saturated carbocycles. The number of aliphatic imine (C=N–C) groups is 1. The van der Waals surface area contributed by atoms with Gasteiger partial charge in [-0.2, -0.15) is 0 Å². The molecule has 0 fully saturated rings. The molecule has 0 unspecified atom stereocenters. The molecule has 0 aliphatic carbocycles. The molecule has 1 nitrogen and oxygen atoms in total. The van der Waals surface area contributed by atoms with Gasteiger partial charge in [0.1, 0.15) is 6.67 Å². The van der Waals surface area contributed by atoms with Gasteiger partial charge in [-0.1, -0.05) is 13.8 Å². The Morgan fingerprint density at radius 2 is 1.89 bits per heavy atom. The monoisotopic (exact) mass is 131 g/mol. The number of nitrogens with zero attached hydrogens (tertiary/aromatic N) is 1. The Labute approximate surface area is 56.0 Å². The van der Waals surface area contributed by atoms with Crippen LogP contribution in [0.2, 0.25) is 0 Å². The summed E-state index contributed by atoms with van der Waals surface area (Å²) in [6.45, 7) is 4.10. The summed E-state index contributed by atoms with van der Waals surface area (Å²) in [7, 11) is 0. The molecule has 0 heterocycles. The van der Waals surface area contributed by atoms with Crippen LogP contribution in [0, 0.1) is 0 Å². The van der Waals surface area contributed by atoms with Crippen LogP contribution in [0.25, 0.3) is 0 Å². The standard InChI is InChI=1S/C7H14FN/c1-3-7(4-2)9-6-5-8/h3-6H2,1-2H3. The quantitative estimate of drug-likeness (QED) is 0.519. The maximum atomic E-state index is 11.5. The summed E-state index contributed by atoms with van der Waals surface area (Å²) in [4.78, 5) is 4.02. The molecule has 0 aliphatic rings. The van der Waals surface area contributed by atoms with E-state index in [-0.39, 0.29) is 6.67 Å². The fourth-order valence-corrected chi connectivity index (χ4v) is 0.674. The first-order valence-corrected chi connectivity index (χ1v) is 3.43. The molecular weight excluding hydrogens is 117 g/mol. The molecular formula is C7H14FN. The molecule has 0 bridgehead atoms. The van der Waals surface area contributed by atoms with Crippen LogP contribution >= 0.6 is 0 Å². The van der Waals surface area contributed by atoms with Crippen LogP contribution in [0.4, 0.5) is 4.39 Å². The Morgan fingerprint density at radius 3 is 2.22 bits per heavy atom. The van der Waals surface area contributed by atoms with Crippen LogP contribution in [0.5, 0.6) is 0 Å². The fraction of sp³-hybridized carbons (Fsp3) is 0.857. The Bertz CT molecular complexity index is 82.9. The van der Waals surface area contributed by atoms with Crippen molar-refractivity contribution in [2.75, 3.05) is 13.2 Å². The van der Waals surface area contributed by atoms with Crippen molar-refractivity contribution in [3.05, 3.63) is 0 Å². The first-order valence-electron chi connectivity index (χ1n) is 3.43. The van der Waals surface area contributed by atoms with Crippen LogP contribution < -0.4 is 0 Å². The minimum atomic E-state index is -0.330. The van der Waals surface area contributed by atoms with E-state index in [2.05, 4.69) is 4.99 Å². The third-order valence-electron chi connectivity index (χ3n) is 1.24. The van der Waals surface area contributed by atoms with E-state index in [9.17, 15) is 4.39 Å². The lowest BCUT2D eigenvalue weighted by Crippen LogP contribution is -1.95. The summed E-state index contributed by atoms with van der Waals surface area (Å²) >= 11 is 0. The third-order valence-corrected chi connectivity index (χ3v) is 1.24. The topological polar surface area (TPSA) is 12.4 Å². The van der Waals surface area contributed by atoms with Crippen LogP contribution in [-0.4, -0.2) is 18.9 Å². The smallest absolute Gasteiger partial charge is 0.109 e. The normalized spacial score (nSPS) is 9.22. The van der Waals surface area contributed by atoms with Crippen LogP contribution in [-0.2, 0) is 0 Å². The van der Waals surface area contributed by atoms with E-state index >= 15 is 0 Å². The highest BCUT2D eigenvalue weighted by atomic mass is 19.1. The summed E-state index contributed by atoms with van der Waals surface area (Å²) in [6, 6.07) is 0. The van der Waals surface area contributed by atoms with Gasteiger partial charge in [-0.15, -0.1) is 0 Å². The predicted octanol–water partition coefficient (Wildman–Crippen LogP) is 2.22. The van der Waals surface area contributed by atoms with E-state index in [0.717, 1.165) is 18.6 Å². The zero-order valence-corrected chi connectivity index (χ0v) is 6.15. The van der Waals surface area contributed by atoms with Gasteiger partial charge in [-0.05, 0) is 12.8 Å². The van der Waals surface area contributed by atoms with Crippen molar-refractivity contribution < 1.29 is 4.39 Å². The third kappa shape index (κ3) is 4.13. The van der Waals surface area contributed by atoms with Gasteiger partial charge >= 0.3 is 0 Å². The van der Waals surface area contributed by atoms with Crippen molar-refractivity contribution >= 4 is 5.71 Å².